The molecule has 2 rings (SSSR count). The first-order valence-corrected chi connectivity index (χ1v) is 6.75. The zero-order valence-corrected chi connectivity index (χ0v) is 11.3. The molecule has 3 N–H and O–H groups in total. The summed E-state index contributed by atoms with van der Waals surface area (Å²) >= 11 is 0. The van der Waals surface area contributed by atoms with Gasteiger partial charge in [-0.1, -0.05) is 0 Å². The number of hydrogen-bond donors (Lipinski definition) is 2. The van der Waals surface area contributed by atoms with Gasteiger partial charge in [0.1, 0.15) is 17.5 Å². The van der Waals surface area contributed by atoms with E-state index in [4.69, 9.17) is 5.73 Å². The summed E-state index contributed by atoms with van der Waals surface area (Å²) in [5, 5.41) is 3.26. The fourth-order valence-electron chi connectivity index (χ4n) is 2.19. The summed E-state index contributed by atoms with van der Waals surface area (Å²) in [6, 6.07) is 2.15. The summed E-state index contributed by atoms with van der Waals surface area (Å²) in [4.78, 5) is 11.3. The number of hydrogen-bond acceptors (Lipinski definition) is 5. The van der Waals surface area contributed by atoms with Crippen LogP contribution in [0.5, 0.6) is 0 Å². The standard InChI is InChI=1S/C13H23N5/c1-10(14)9-15-12-8-13(17-11(2)16-12)18-6-4-3-5-7-18/h8,10H,3-7,9,14H2,1-2H3,(H,15,16,17). The van der Waals surface area contributed by atoms with Gasteiger partial charge in [-0.2, -0.15) is 0 Å². The van der Waals surface area contributed by atoms with Gasteiger partial charge in [-0.3, -0.25) is 0 Å². The van der Waals surface area contributed by atoms with Crippen molar-refractivity contribution in [3.8, 4) is 0 Å². The average molecular weight is 249 g/mol. The summed E-state index contributed by atoms with van der Waals surface area (Å²) in [6.07, 6.45) is 3.84. The molecule has 18 heavy (non-hydrogen) atoms. The third kappa shape index (κ3) is 3.57. The van der Waals surface area contributed by atoms with Crippen LogP contribution in [0, 0.1) is 6.92 Å². The summed E-state index contributed by atoms with van der Waals surface area (Å²) < 4.78 is 0. The second-order valence-electron chi connectivity index (χ2n) is 5.06. The van der Waals surface area contributed by atoms with Crippen LogP contribution in [0.1, 0.15) is 32.0 Å². The van der Waals surface area contributed by atoms with Gasteiger partial charge >= 0.3 is 0 Å². The normalized spacial score (nSPS) is 17.6. The predicted molar refractivity (Wildman–Crippen MR) is 75.0 cm³/mol. The maximum Gasteiger partial charge on any atom is 0.134 e. The SMILES string of the molecule is Cc1nc(NCC(C)N)cc(N2CCCCC2)n1. The molecule has 0 aromatic carbocycles. The van der Waals surface area contributed by atoms with E-state index in [1.807, 2.05) is 19.9 Å². The lowest BCUT2D eigenvalue weighted by molar-refractivity contribution is 0.572. The maximum absolute atomic E-state index is 5.74. The highest BCUT2D eigenvalue weighted by Gasteiger charge is 2.13. The molecule has 0 amide bonds. The van der Waals surface area contributed by atoms with E-state index in [-0.39, 0.29) is 6.04 Å². The number of nitrogens with zero attached hydrogens (tertiary/aromatic N) is 3. The van der Waals surface area contributed by atoms with Gasteiger partial charge in [-0.15, -0.1) is 0 Å². The highest BCUT2D eigenvalue weighted by atomic mass is 15.2. The topological polar surface area (TPSA) is 67.1 Å². The fourth-order valence-corrected chi connectivity index (χ4v) is 2.19. The molecule has 5 heteroatoms. The van der Waals surface area contributed by atoms with E-state index in [2.05, 4.69) is 20.2 Å². The van der Waals surface area contributed by atoms with Crippen LogP contribution in [-0.2, 0) is 0 Å². The van der Waals surface area contributed by atoms with Crippen molar-refractivity contribution in [1.29, 1.82) is 0 Å². The lowest BCUT2D eigenvalue weighted by Crippen LogP contribution is -2.31. The molecular weight excluding hydrogens is 226 g/mol. The Bertz CT molecular complexity index is 385. The molecule has 2 heterocycles. The molecule has 0 spiro atoms. The van der Waals surface area contributed by atoms with Crippen molar-refractivity contribution in [2.24, 2.45) is 5.73 Å². The highest BCUT2D eigenvalue weighted by Crippen LogP contribution is 2.20. The minimum Gasteiger partial charge on any atom is -0.368 e. The minimum absolute atomic E-state index is 0.124. The van der Waals surface area contributed by atoms with Gasteiger partial charge in [0.25, 0.3) is 0 Å². The van der Waals surface area contributed by atoms with Gasteiger partial charge in [-0.05, 0) is 33.1 Å². The van der Waals surface area contributed by atoms with Gasteiger partial charge in [0.05, 0.1) is 0 Å². The number of piperidine rings is 1. The Kier molecular flexibility index (Phi) is 4.36. The van der Waals surface area contributed by atoms with Crippen LogP contribution in [0.4, 0.5) is 11.6 Å². The Morgan fingerprint density at radius 3 is 2.72 bits per heavy atom. The van der Waals surface area contributed by atoms with Crippen molar-refractivity contribution in [3.05, 3.63) is 11.9 Å². The lowest BCUT2D eigenvalue weighted by Gasteiger charge is -2.28. The number of nitrogens with two attached hydrogens (primary N) is 1. The van der Waals surface area contributed by atoms with Gasteiger partial charge in [-0.25, -0.2) is 9.97 Å². The molecule has 100 valence electrons. The smallest absolute Gasteiger partial charge is 0.134 e. The second kappa shape index (κ2) is 6.00. The third-order valence-corrected chi connectivity index (χ3v) is 3.11. The second-order valence-corrected chi connectivity index (χ2v) is 5.06. The van der Waals surface area contributed by atoms with Crippen LogP contribution in [0.3, 0.4) is 0 Å². The molecule has 0 saturated carbocycles. The van der Waals surface area contributed by atoms with Gasteiger partial charge < -0.3 is 16.0 Å². The van der Waals surface area contributed by atoms with E-state index < -0.39 is 0 Å². The zero-order chi connectivity index (χ0) is 13.0. The number of aromatic nitrogens is 2. The van der Waals surface area contributed by atoms with Gasteiger partial charge in [0.15, 0.2) is 0 Å². The molecule has 0 aliphatic carbocycles. The quantitative estimate of drug-likeness (QED) is 0.847. The van der Waals surface area contributed by atoms with Crippen LogP contribution in [0.15, 0.2) is 6.07 Å². The molecule has 1 aliphatic heterocycles. The molecule has 5 nitrogen and oxygen atoms in total. The highest BCUT2D eigenvalue weighted by molar-refractivity contribution is 5.49. The average Bonchev–Trinajstić information content (AvgIpc) is 2.37. The number of rotatable bonds is 4. The summed E-state index contributed by atoms with van der Waals surface area (Å²) in [5.41, 5.74) is 5.74. The zero-order valence-electron chi connectivity index (χ0n) is 11.3. The molecule has 1 fully saturated rings. The maximum atomic E-state index is 5.74. The van der Waals surface area contributed by atoms with E-state index in [9.17, 15) is 0 Å². The number of anilines is 2. The molecule has 1 saturated heterocycles. The van der Waals surface area contributed by atoms with Crippen molar-refractivity contribution >= 4 is 11.6 Å². The van der Waals surface area contributed by atoms with Crippen LogP contribution in [0.2, 0.25) is 0 Å². The Morgan fingerprint density at radius 1 is 1.33 bits per heavy atom. The van der Waals surface area contributed by atoms with Crippen molar-refractivity contribution < 1.29 is 0 Å². The first-order chi connectivity index (χ1) is 8.65. The van der Waals surface area contributed by atoms with Gasteiger partial charge in [0.2, 0.25) is 0 Å². The molecule has 1 atom stereocenters. The monoisotopic (exact) mass is 249 g/mol. The molecule has 0 radical (unpaired) electrons. The largest absolute Gasteiger partial charge is 0.368 e. The fraction of sp³-hybridized carbons (Fsp3) is 0.692. The van der Waals surface area contributed by atoms with E-state index in [1.165, 1.54) is 19.3 Å². The molecule has 1 unspecified atom stereocenters. The molecular formula is C13H23N5. The Morgan fingerprint density at radius 2 is 2.06 bits per heavy atom. The van der Waals surface area contributed by atoms with Crippen LogP contribution >= 0.6 is 0 Å². The number of nitrogens with one attached hydrogen (secondary N) is 1. The van der Waals surface area contributed by atoms with Crippen LogP contribution < -0.4 is 16.0 Å². The Hall–Kier alpha value is -1.36. The molecule has 1 aromatic rings. The van der Waals surface area contributed by atoms with Gasteiger partial charge in [0, 0.05) is 31.7 Å². The van der Waals surface area contributed by atoms with Crippen molar-refractivity contribution in [2.45, 2.75) is 39.2 Å². The van der Waals surface area contributed by atoms with E-state index >= 15 is 0 Å². The number of aryl methyl sites for hydroxylation is 1. The first kappa shape index (κ1) is 13.1. The minimum atomic E-state index is 0.124. The summed E-state index contributed by atoms with van der Waals surface area (Å²) in [6.45, 7) is 6.85. The molecule has 1 aliphatic rings. The van der Waals surface area contributed by atoms with E-state index in [0.29, 0.717) is 0 Å². The van der Waals surface area contributed by atoms with Crippen LogP contribution in [-0.4, -0.2) is 35.6 Å². The predicted octanol–water partition coefficient (Wildman–Crippen LogP) is 1.53. The van der Waals surface area contributed by atoms with Crippen molar-refractivity contribution in [2.75, 3.05) is 29.9 Å². The van der Waals surface area contributed by atoms with E-state index in [1.54, 1.807) is 0 Å². The Labute approximate surface area is 109 Å². The molecule has 1 aromatic heterocycles. The van der Waals surface area contributed by atoms with E-state index in [0.717, 1.165) is 37.1 Å². The summed E-state index contributed by atoms with van der Waals surface area (Å²) in [7, 11) is 0. The first-order valence-electron chi connectivity index (χ1n) is 6.75. The van der Waals surface area contributed by atoms with Crippen molar-refractivity contribution in [1.82, 2.24) is 9.97 Å². The Balaban J connectivity index is 2.09. The summed E-state index contributed by atoms with van der Waals surface area (Å²) in [5.74, 6) is 2.72. The molecule has 0 bridgehead atoms. The van der Waals surface area contributed by atoms with Crippen molar-refractivity contribution in [3.63, 3.8) is 0 Å². The third-order valence-electron chi connectivity index (χ3n) is 3.11. The lowest BCUT2D eigenvalue weighted by atomic mass is 10.1. The van der Waals surface area contributed by atoms with Crippen LogP contribution in [0.25, 0.3) is 0 Å².